The summed E-state index contributed by atoms with van der Waals surface area (Å²) in [7, 11) is 0. The maximum Gasteiger partial charge on any atom is 0.490 e. The maximum absolute atomic E-state index is 13.2. The van der Waals surface area contributed by atoms with Gasteiger partial charge in [-0.3, -0.25) is 4.79 Å². The SMILES string of the molecule is O=C(NC(c1ccc(F)cc1)c1ncc[nH]1)c1cnc(C2CNC2)o1.O=C(O)C(F)(F)F. The molecule has 3 heterocycles. The van der Waals surface area contributed by atoms with E-state index in [2.05, 4.69) is 25.6 Å². The summed E-state index contributed by atoms with van der Waals surface area (Å²) in [4.78, 5) is 32.8. The number of carbonyl (C=O) groups is 2. The molecule has 1 aromatic carbocycles. The minimum absolute atomic E-state index is 0.139. The van der Waals surface area contributed by atoms with E-state index in [4.69, 9.17) is 14.3 Å². The Morgan fingerprint density at radius 1 is 1.19 bits per heavy atom. The van der Waals surface area contributed by atoms with Crippen LogP contribution in [0, 0.1) is 5.82 Å². The van der Waals surface area contributed by atoms with Crippen LogP contribution in [0.2, 0.25) is 0 Å². The predicted octanol–water partition coefficient (Wildman–Crippen LogP) is 2.38. The van der Waals surface area contributed by atoms with E-state index in [-0.39, 0.29) is 17.5 Å². The molecule has 4 rings (SSSR count). The summed E-state index contributed by atoms with van der Waals surface area (Å²) < 4.78 is 50.5. The van der Waals surface area contributed by atoms with E-state index in [0.717, 1.165) is 13.1 Å². The number of imidazole rings is 1. The van der Waals surface area contributed by atoms with E-state index in [1.165, 1.54) is 18.3 Å². The summed E-state index contributed by atoms with van der Waals surface area (Å²) in [6.45, 7) is 1.60. The van der Waals surface area contributed by atoms with Crippen LogP contribution < -0.4 is 10.6 Å². The standard InChI is InChI=1S/C17H16FN5O2.C2HF3O2/c18-12-3-1-10(2-4-12)14(15-20-5-6-21-15)23-16(24)13-9-22-17(25-13)11-7-19-8-11;3-2(4,5)1(6)7/h1-6,9,11,14,19H,7-8H2,(H,20,21)(H,23,24);(H,6,7). The number of aliphatic carboxylic acids is 1. The molecule has 0 spiro atoms. The van der Waals surface area contributed by atoms with Crippen molar-refractivity contribution in [3.63, 3.8) is 0 Å². The number of carboxylic acids is 1. The molecule has 32 heavy (non-hydrogen) atoms. The highest BCUT2D eigenvalue weighted by atomic mass is 19.4. The molecule has 0 bridgehead atoms. The Hall–Kier alpha value is -3.74. The van der Waals surface area contributed by atoms with Gasteiger partial charge in [0.25, 0.3) is 5.91 Å². The normalized spacial score (nSPS) is 14.6. The number of rotatable bonds is 5. The van der Waals surface area contributed by atoms with Gasteiger partial charge in [-0.1, -0.05) is 12.1 Å². The molecule has 0 aliphatic carbocycles. The first-order valence-electron chi connectivity index (χ1n) is 9.17. The molecule has 170 valence electrons. The highest BCUT2D eigenvalue weighted by Gasteiger charge is 2.38. The molecule has 1 fully saturated rings. The highest BCUT2D eigenvalue weighted by Crippen LogP contribution is 2.22. The third-order valence-corrected chi connectivity index (χ3v) is 4.39. The van der Waals surface area contributed by atoms with Crippen LogP contribution in [0.3, 0.4) is 0 Å². The molecule has 1 saturated heterocycles. The molecule has 9 nitrogen and oxygen atoms in total. The Morgan fingerprint density at radius 3 is 2.34 bits per heavy atom. The molecule has 2 aromatic heterocycles. The zero-order valence-corrected chi connectivity index (χ0v) is 16.2. The van der Waals surface area contributed by atoms with Crippen molar-refractivity contribution in [3.05, 3.63) is 71.7 Å². The van der Waals surface area contributed by atoms with Gasteiger partial charge in [0.15, 0.2) is 0 Å². The number of alkyl halides is 3. The monoisotopic (exact) mass is 455 g/mol. The number of hydrogen-bond acceptors (Lipinski definition) is 6. The third-order valence-electron chi connectivity index (χ3n) is 4.39. The van der Waals surface area contributed by atoms with E-state index in [9.17, 15) is 22.4 Å². The summed E-state index contributed by atoms with van der Waals surface area (Å²) >= 11 is 0. The summed E-state index contributed by atoms with van der Waals surface area (Å²) in [5, 5.41) is 13.1. The highest BCUT2D eigenvalue weighted by molar-refractivity contribution is 5.91. The minimum atomic E-state index is -5.08. The molecule has 1 amide bonds. The van der Waals surface area contributed by atoms with Gasteiger partial charge in [0.05, 0.1) is 12.1 Å². The first-order chi connectivity index (χ1) is 15.1. The Bertz CT molecular complexity index is 1050. The lowest BCUT2D eigenvalue weighted by molar-refractivity contribution is -0.192. The summed E-state index contributed by atoms with van der Waals surface area (Å²) in [5.41, 5.74) is 0.702. The topological polar surface area (TPSA) is 133 Å². The molecule has 13 heteroatoms. The van der Waals surface area contributed by atoms with Gasteiger partial charge in [0.2, 0.25) is 11.7 Å². The first kappa shape index (κ1) is 22.9. The van der Waals surface area contributed by atoms with Gasteiger partial charge in [-0.25, -0.2) is 19.2 Å². The van der Waals surface area contributed by atoms with Crippen LogP contribution in [0.1, 0.15) is 39.8 Å². The predicted molar refractivity (Wildman–Crippen MR) is 100 cm³/mol. The van der Waals surface area contributed by atoms with Crippen molar-refractivity contribution in [1.82, 2.24) is 25.6 Å². The van der Waals surface area contributed by atoms with Gasteiger partial charge in [0, 0.05) is 25.5 Å². The zero-order valence-electron chi connectivity index (χ0n) is 16.2. The summed E-state index contributed by atoms with van der Waals surface area (Å²) in [5.74, 6) is -2.06. The van der Waals surface area contributed by atoms with Crippen LogP contribution in [-0.2, 0) is 4.79 Å². The van der Waals surface area contributed by atoms with Crippen molar-refractivity contribution < 1.29 is 36.7 Å². The van der Waals surface area contributed by atoms with Gasteiger partial charge in [-0.05, 0) is 17.7 Å². The quantitative estimate of drug-likeness (QED) is 0.434. The number of aromatic nitrogens is 3. The van der Waals surface area contributed by atoms with Gasteiger partial charge in [0.1, 0.15) is 17.7 Å². The lowest BCUT2D eigenvalue weighted by Crippen LogP contribution is -2.40. The van der Waals surface area contributed by atoms with Crippen molar-refractivity contribution in [2.45, 2.75) is 18.1 Å². The van der Waals surface area contributed by atoms with Gasteiger partial charge in [-0.15, -0.1) is 0 Å². The Balaban J connectivity index is 0.000000360. The van der Waals surface area contributed by atoms with Gasteiger partial charge >= 0.3 is 12.1 Å². The third kappa shape index (κ3) is 5.69. The number of aromatic amines is 1. The van der Waals surface area contributed by atoms with Crippen molar-refractivity contribution in [1.29, 1.82) is 0 Å². The number of carboxylic acid groups (broad SMARTS) is 1. The van der Waals surface area contributed by atoms with Crippen LogP contribution in [0.5, 0.6) is 0 Å². The fraction of sp³-hybridized carbons (Fsp3) is 0.263. The number of amides is 1. The second-order valence-corrected chi connectivity index (χ2v) is 6.65. The number of halogens is 4. The van der Waals surface area contributed by atoms with Gasteiger partial charge in [-0.2, -0.15) is 13.2 Å². The van der Waals surface area contributed by atoms with Crippen molar-refractivity contribution in [2.24, 2.45) is 0 Å². The number of H-pyrrole nitrogens is 1. The molecule has 1 unspecified atom stereocenters. The number of oxazole rings is 1. The van der Waals surface area contributed by atoms with E-state index in [0.29, 0.717) is 17.3 Å². The molecule has 0 radical (unpaired) electrons. The van der Waals surface area contributed by atoms with E-state index < -0.39 is 24.1 Å². The number of nitrogens with one attached hydrogen (secondary N) is 3. The average Bonchev–Trinajstić information content (AvgIpc) is 3.38. The van der Waals surface area contributed by atoms with Crippen LogP contribution in [0.25, 0.3) is 0 Å². The van der Waals surface area contributed by atoms with E-state index >= 15 is 0 Å². The van der Waals surface area contributed by atoms with Crippen molar-refractivity contribution >= 4 is 11.9 Å². The Kier molecular flexibility index (Phi) is 6.88. The molecule has 0 saturated carbocycles. The number of carbonyl (C=O) groups excluding carboxylic acids is 1. The molecule has 1 atom stereocenters. The minimum Gasteiger partial charge on any atom is -0.475 e. The van der Waals surface area contributed by atoms with Crippen LogP contribution in [-0.4, -0.2) is 51.2 Å². The molecular weight excluding hydrogens is 438 g/mol. The van der Waals surface area contributed by atoms with Crippen LogP contribution >= 0.6 is 0 Å². The Labute approximate surface area is 177 Å². The fourth-order valence-corrected chi connectivity index (χ4v) is 2.65. The van der Waals surface area contributed by atoms with Crippen molar-refractivity contribution in [3.8, 4) is 0 Å². The Morgan fingerprint density at radius 2 is 1.84 bits per heavy atom. The first-order valence-corrected chi connectivity index (χ1v) is 9.17. The second-order valence-electron chi connectivity index (χ2n) is 6.65. The molecule has 4 N–H and O–H groups in total. The van der Waals surface area contributed by atoms with E-state index in [1.807, 2.05) is 0 Å². The molecule has 3 aromatic rings. The largest absolute Gasteiger partial charge is 0.490 e. The molecule has 1 aliphatic rings. The van der Waals surface area contributed by atoms with Gasteiger partial charge < -0.3 is 25.1 Å². The molecular formula is C19H17F4N5O4. The van der Waals surface area contributed by atoms with Crippen LogP contribution in [0.4, 0.5) is 17.6 Å². The maximum atomic E-state index is 13.2. The number of hydrogen-bond donors (Lipinski definition) is 4. The van der Waals surface area contributed by atoms with Crippen LogP contribution in [0.15, 0.2) is 47.3 Å². The summed E-state index contributed by atoms with van der Waals surface area (Å²) in [6, 6.07) is 5.34. The molecule has 1 aliphatic heterocycles. The average molecular weight is 455 g/mol. The number of benzene rings is 1. The smallest absolute Gasteiger partial charge is 0.475 e. The zero-order chi connectivity index (χ0) is 23.3. The fourth-order valence-electron chi connectivity index (χ4n) is 2.65. The lowest BCUT2D eigenvalue weighted by atomic mass is 10.0. The van der Waals surface area contributed by atoms with Crippen molar-refractivity contribution in [2.75, 3.05) is 13.1 Å². The second kappa shape index (κ2) is 9.60. The van der Waals surface area contributed by atoms with E-state index in [1.54, 1.807) is 24.5 Å². The lowest BCUT2D eigenvalue weighted by Gasteiger charge is -2.23. The number of nitrogens with zero attached hydrogens (tertiary/aromatic N) is 2. The summed E-state index contributed by atoms with van der Waals surface area (Å²) in [6.07, 6.45) is -0.408.